The third-order valence-corrected chi connectivity index (χ3v) is 5.24. The average Bonchev–Trinajstić information content (AvgIpc) is 2.82. The number of hydrogen-bond acceptors (Lipinski definition) is 5. The van der Waals surface area contributed by atoms with Crippen molar-refractivity contribution in [2.45, 2.75) is 16.7 Å². The van der Waals surface area contributed by atoms with Crippen molar-refractivity contribution >= 4 is 35.2 Å². The second-order valence-electron chi connectivity index (χ2n) is 5.24. The largest absolute Gasteiger partial charge is 0.285 e. The Hall–Kier alpha value is -2.36. The summed E-state index contributed by atoms with van der Waals surface area (Å²) in [4.78, 5) is 29.4. The van der Waals surface area contributed by atoms with Gasteiger partial charge in [-0.05, 0) is 18.2 Å². The lowest BCUT2D eigenvalue weighted by molar-refractivity contribution is -0.136. The Labute approximate surface area is 148 Å². The number of carbonyl (C=O) groups excluding carboxylic acids is 2. The highest BCUT2D eigenvalue weighted by Crippen LogP contribution is 2.34. The van der Waals surface area contributed by atoms with Gasteiger partial charge in [0.1, 0.15) is 11.1 Å². The molecule has 1 aliphatic heterocycles. The molecule has 1 unspecified atom stereocenters. The smallest absolute Gasteiger partial charge is 0.242 e. The number of amides is 2. The summed E-state index contributed by atoms with van der Waals surface area (Å²) in [5.74, 6) is -0.489. The summed E-state index contributed by atoms with van der Waals surface area (Å²) >= 11 is 7.34. The fourth-order valence-electron chi connectivity index (χ4n) is 2.38. The molecule has 2 amide bonds. The van der Waals surface area contributed by atoms with E-state index in [0.29, 0.717) is 21.3 Å². The maximum Gasteiger partial charge on any atom is 0.242 e. The van der Waals surface area contributed by atoms with Crippen LogP contribution in [0.1, 0.15) is 12.0 Å². The molecule has 24 heavy (non-hydrogen) atoms. The molecule has 1 fully saturated rings. The van der Waals surface area contributed by atoms with Crippen LogP contribution in [0.2, 0.25) is 5.02 Å². The van der Waals surface area contributed by atoms with Gasteiger partial charge in [0.15, 0.2) is 0 Å². The van der Waals surface area contributed by atoms with E-state index >= 15 is 0 Å². The summed E-state index contributed by atoms with van der Waals surface area (Å²) in [6.45, 7) is 0. The van der Waals surface area contributed by atoms with Crippen molar-refractivity contribution in [1.82, 2.24) is 9.88 Å². The first kappa shape index (κ1) is 16.5. The number of nitriles is 1. The number of imide groups is 1. The second kappa shape index (κ2) is 6.63. The third-order valence-electron chi connectivity index (χ3n) is 3.72. The van der Waals surface area contributed by atoms with Crippen LogP contribution in [0.5, 0.6) is 0 Å². The van der Waals surface area contributed by atoms with Gasteiger partial charge in [0.25, 0.3) is 0 Å². The molecular weight excluding hydrogens is 346 g/mol. The summed E-state index contributed by atoms with van der Waals surface area (Å²) in [7, 11) is 1.46. The van der Waals surface area contributed by atoms with Crippen molar-refractivity contribution in [2.24, 2.45) is 0 Å². The molecule has 1 saturated heterocycles. The lowest BCUT2D eigenvalue weighted by Gasteiger charge is -2.11. The van der Waals surface area contributed by atoms with Gasteiger partial charge in [0.05, 0.1) is 16.5 Å². The number of benzene rings is 1. The number of pyridine rings is 1. The van der Waals surface area contributed by atoms with Gasteiger partial charge in [-0.2, -0.15) is 5.26 Å². The Morgan fingerprint density at radius 3 is 2.67 bits per heavy atom. The SMILES string of the molecule is CN1C(=O)CC(Sc2nc(-c3ccccc3Cl)ccc2C#N)C1=O. The molecule has 0 saturated carbocycles. The summed E-state index contributed by atoms with van der Waals surface area (Å²) < 4.78 is 0. The molecule has 0 bridgehead atoms. The van der Waals surface area contributed by atoms with Gasteiger partial charge in [0, 0.05) is 24.1 Å². The monoisotopic (exact) mass is 357 g/mol. The minimum atomic E-state index is -0.552. The van der Waals surface area contributed by atoms with Crippen LogP contribution in [0.4, 0.5) is 0 Å². The first-order valence-electron chi connectivity index (χ1n) is 7.14. The Kier molecular flexibility index (Phi) is 4.56. The van der Waals surface area contributed by atoms with E-state index in [4.69, 9.17) is 11.6 Å². The van der Waals surface area contributed by atoms with E-state index in [2.05, 4.69) is 11.1 Å². The lowest BCUT2D eigenvalue weighted by Crippen LogP contribution is -2.26. The van der Waals surface area contributed by atoms with E-state index in [0.717, 1.165) is 22.2 Å². The number of carbonyl (C=O) groups is 2. The predicted octanol–water partition coefficient (Wildman–Crippen LogP) is 3.12. The third kappa shape index (κ3) is 3.01. The summed E-state index contributed by atoms with van der Waals surface area (Å²) in [6, 6.07) is 12.7. The molecular formula is C17H12ClN3O2S. The topological polar surface area (TPSA) is 74.1 Å². The maximum atomic E-state index is 12.1. The van der Waals surface area contributed by atoms with E-state index in [1.807, 2.05) is 18.2 Å². The molecule has 0 spiro atoms. The highest BCUT2D eigenvalue weighted by atomic mass is 35.5. The Bertz CT molecular complexity index is 878. The van der Waals surface area contributed by atoms with Crippen molar-refractivity contribution in [2.75, 3.05) is 7.05 Å². The molecule has 7 heteroatoms. The standard InChI is InChI=1S/C17H12ClN3O2S/c1-21-15(22)8-14(17(21)23)24-16-10(9-19)6-7-13(20-16)11-4-2-3-5-12(11)18/h2-7,14H,8H2,1H3. The van der Waals surface area contributed by atoms with Crippen LogP contribution < -0.4 is 0 Å². The van der Waals surface area contributed by atoms with Gasteiger partial charge in [-0.1, -0.05) is 41.6 Å². The molecule has 1 atom stereocenters. The summed E-state index contributed by atoms with van der Waals surface area (Å²) in [6.07, 6.45) is 0.114. The minimum absolute atomic E-state index is 0.114. The first-order valence-corrected chi connectivity index (χ1v) is 8.40. The van der Waals surface area contributed by atoms with E-state index in [1.165, 1.54) is 7.05 Å². The number of hydrogen-bond donors (Lipinski definition) is 0. The van der Waals surface area contributed by atoms with E-state index in [-0.39, 0.29) is 18.2 Å². The van der Waals surface area contributed by atoms with Crippen LogP contribution in [0.25, 0.3) is 11.3 Å². The van der Waals surface area contributed by atoms with E-state index in [1.54, 1.807) is 18.2 Å². The molecule has 120 valence electrons. The fraction of sp³-hybridized carbons (Fsp3) is 0.176. The quantitative estimate of drug-likeness (QED) is 0.789. The van der Waals surface area contributed by atoms with Gasteiger partial charge < -0.3 is 0 Å². The van der Waals surface area contributed by atoms with Gasteiger partial charge in [-0.3, -0.25) is 14.5 Å². The second-order valence-corrected chi connectivity index (χ2v) is 6.84. The number of rotatable bonds is 3. The first-order chi connectivity index (χ1) is 11.5. The van der Waals surface area contributed by atoms with Crippen LogP contribution >= 0.6 is 23.4 Å². The molecule has 0 aliphatic carbocycles. The normalized spacial score (nSPS) is 17.2. The number of likely N-dealkylation sites (tertiary alicyclic amines) is 1. The van der Waals surface area contributed by atoms with Crippen molar-refractivity contribution in [3.05, 3.63) is 47.0 Å². The molecule has 1 aromatic carbocycles. The summed E-state index contributed by atoms with van der Waals surface area (Å²) in [5.41, 5.74) is 1.73. The zero-order valence-corrected chi connectivity index (χ0v) is 14.3. The number of nitrogens with zero attached hydrogens (tertiary/aromatic N) is 3. The highest BCUT2D eigenvalue weighted by Gasteiger charge is 2.37. The fourth-order valence-corrected chi connectivity index (χ4v) is 3.76. The van der Waals surface area contributed by atoms with Crippen LogP contribution in [-0.2, 0) is 9.59 Å². The number of aromatic nitrogens is 1. The zero-order chi connectivity index (χ0) is 17.3. The molecule has 2 heterocycles. The molecule has 5 nitrogen and oxygen atoms in total. The van der Waals surface area contributed by atoms with E-state index < -0.39 is 5.25 Å². The molecule has 2 aromatic rings. The number of thioether (sulfide) groups is 1. The van der Waals surface area contributed by atoms with Crippen LogP contribution in [0, 0.1) is 11.3 Å². The molecule has 0 N–H and O–H groups in total. The molecule has 3 rings (SSSR count). The van der Waals surface area contributed by atoms with Crippen LogP contribution in [-0.4, -0.2) is 34.0 Å². The van der Waals surface area contributed by atoms with Gasteiger partial charge in [-0.15, -0.1) is 0 Å². The lowest BCUT2D eigenvalue weighted by atomic mass is 10.1. The minimum Gasteiger partial charge on any atom is -0.285 e. The van der Waals surface area contributed by atoms with Crippen molar-refractivity contribution < 1.29 is 9.59 Å². The molecule has 1 aliphatic rings. The predicted molar refractivity (Wildman–Crippen MR) is 91.4 cm³/mol. The zero-order valence-electron chi connectivity index (χ0n) is 12.7. The molecule has 1 aromatic heterocycles. The van der Waals surface area contributed by atoms with Crippen LogP contribution in [0.15, 0.2) is 41.4 Å². The Morgan fingerprint density at radius 2 is 2.04 bits per heavy atom. The average molecular weight is 358 g/mol. The van der Waals surface area contributed by atoms with Crippen molar-refractivity contribution in [3.63, 3.8) is 0 Å². The summed E-state index contributed by atoms with van der Waals surface area (Å²) in [5, 5.41) is 9.71. The van der Waals surface area contributed by atoms with Gasteiger partial charge >= 0.3 is 0 Å². The van der Waals surface area contributed by atoms with Gasteiger partial charge in [-0.25, -0.2) is 4.98 Å². The van der Waals surface area contributed by atoms with Crippen molar-refractivity contribution in [1.29, 1.82) is 5.26 Å². The van der Waals surface area contributed by atoms with Gasteiger partial charge in [0.2, 0.25) is 11.8 Å². The van der Waals surface area contributed by atoms with Crippen LogP contribution in [0.3, 0.4) is 0 Å². The molecule has 0 radical (unpaired) electrons. The Morgan fingerprint density at radius 1 is 1.29 bits per heavy atom. The van der Waals surface area contributed by atoms with E-state index in [9.17, 15) is 14.9 Å². The highest BCUT2D eigenvalue weighted by molar-refractivity contribution is 8.00. The maximum absolute atomic E-state index is 12.1. The Balaban J connectivity index is 1.97. The van der Waals surface area contributed by atoms with Crippen molar-refractivity contribution in [3.8, 4) is 17.3 Å². The number of halogens is 1.